The summed E-state index contributed by atoms with van der Waals surface area (Å²) in [5, 5.41) is 0. The Morgan fingerprint density at radius 1 is 1.27 bits per heavy atom. The average molecular weight is 316 g/mol. The molecule has 15 heavy (non-hydrogen) atoms. The number of hydrogen-bond acceptors (Lipinski definition) is 0. The zero-order chi connectivity index (χ0) is 10.1. The van der Waals surface area contributed by atoms with Crippen molar-refractivity contribution in [3.05, 3.63) is 35.9 Å². The van der Waals surface area contributed by atoms with Crippen LogP contribution < -0.4 is 28.5 Å². The van der Waals surface area contributed by atoms with Crippen LogP contribution in [0.1, 0.15) is 24.7 Å². The molecule has 2 aromatic heterocycles. The summed E-state index contributed by atoms with van der Waals surface area (Å²) in [7, 11) is 0. The molecular formula is C12H17IN2. The van der Waals surface area contributed by atoms with Crippen LogP contribution in [-0.2, 0) is 6.54 Å². The van der Waals surface area contributed by atoms with E-state index in [2.05, 4.69) is 54.3 Å². The van der Waals surface area contributed by atoms with E-state index in [1.54, 1.807) is 0 Å². The molecule has 2 nitrogen and oxygen atoms in total. The third kappa shape index (κ3) is 2.17. The Morgan fingerprint density at radius 3 is 2.67 bits per heavy atom. The van der Waals surface area contributed by atoms with Gasteiger partial charge in [0.05, 0.1) is 6.20 Å². The van der Waals surface area contributed by atoms with Gasteiger partial charge in [-0.15, -0.1) is 0 Å². The number of rotatable bonds is 2. The molecule has 0 saturated heterocycles. The summed E-state index contributed by atoms with van der Waals surface area (Å²) >= 11 is 0. The lowest BCUT2D eigenvalue weighted by Gasteiger charge is -2.02. The molecule has 0 aliphatic rings. The minimum absolute atomic E-state index is 0. The summed E-state index contributed by atoms with van der Waals surface area (Å²) in [6, 6.07) is 4.36. The molecule has 2 rings (SSSR count). The van der Waals surface area contributed by atoms with Crippen molar-refractivity contribution in [2.45, 2.75) is 33.7 Å². The fourth-order valence-corrected chi connectivity index (χ4v) is 1.93. The zero-order valence-corrected chi connectivity index (χ0v) is 11.7. The van der Waals surface area contributed by atoms with Crippen molar-refractivity contribution < 1.29 is 28.5 Å². The Kier molecular flexibility index (Phi) is 4.13. The Balaban J connectivity index is 0.00000112. The molecule has 2 aromatic rings. The molecule has 0 aromatic carbocycles. The monoisotopic (exact) mass is 316 g/mol. The van der Waals surface area contributed by atoms with Gasteiger partial charge in [-0.25, -0.2) is 0 Å². The lowest BCUT2D eigenvalue weighted by molar-refractivity contribution is -0.702. The predicted molar refractivity (Wildman–Crippen MR) is 57.4 cm³/mol. The number of hydrogen-bond donors (Lipinski definition) is 0. The van der Waals surface area contributed by atoms with Gasteiger partial charge in [-0.2, -0.15) is 4.57 Å². The third-order valence-corrected chi connectivity index (χ3v) is 2.78. The summed E-state index contributed by atoms with van der Waals surface area (Å²) in [6.45, 7) is 7.63. The first kappa shape index (κ1) is 12.5. The van der Waals surface area contributed by atoms with Crippen molar-refractivity contribution in [2.75, 3.05) is 0 Å². The minimum atomic E-state index is 0. The second kappa shape index (κ2) is 4.96. The molecular weight excluding hydrogens is 299 g/mol. The van der Waals surface area contributed by atoms with Crippen molar-refractivity contribution in [1.29, 1.82) is 0 Å². The van der Waals surface area contributed by atoms with Crippen LogP contribution in [0.25, 0.3) is 5.52 Å². The molecule has 0 saturated carbocycles. The van der Waals surface area contributed by atoms with Crippen molar-refractivity contribution in [2.24, 2.45) is 0 Å². The van der Waals surface area contributed by atoms with Gasteiger partial charge in [0.15, 0.2) is 6.20 Å². The van der Waals surface area contributed by atoms with Gasteiger partial charge < -0.3 is 28.4 Å². The van der Waals surface area contributed by atoms with Crippen LogP contribution in [0, 0.1) is 13.8 Å². The normalized spacial score (nSPS) is 10.3. The standard InChI is InChI=1S/C12H17N2.HI/c1-4-7-13-8-9-14-10(2)5-6-12(14)11(13)3;/h5-6,8-9H,4,7H2,1-3H3;1H/q+1;/p-1. The molecule has 0 bridgehead atoms. The van der Waals surface area contributed by atoms with Crippen molar-refractivity contribution in [3.63, 3.8) is 0 Å². The second-order valence-corrected chi connectivity index (χ2v) is 3.81. The molecule has 2 heterocycles. The summed E-state index contributed by atoms with van der Waals surface area (Å²) in [5.74, 6) is 0. The largest absolute Gasteiger partial charge is 1.00 e. The molecule has 0 spiro atoms. The van der Waals surface area contributed by atoms with Crippen LogP contribution in [0.15, 0.2) is 24.5 Å². The van der Waals surface area contributed by atoms with E-state index < -0.39 is 0 Å². The van der Waals surface area contributed by atoms with Gasteiger partial charge in [0.25, 0.3) is 0 Å². The maximum absolute atomic E-state index is 2.31. The first-order chi connectivity index (χ1) is 6.74. The highest BCUT2D eigenvalue weighted by Gasteiger charge is 2.10. The number of aromatic nitrogens is 2. The van der Waals surface area contributed by atoms with Crippen LogP contribution in [-0.4, -0.2) is 4.40 Å². The van der Waals surface area contributed by atoms with Gasteiger partial charge >= 0.3 is 0 Å². The summed E-state index contributed by atoms with van der Waals surface area (Å²) < 4.78 is 4.55. The fourth-order valence-electron chi connectivity index (χ4n) is 1.93. The van der Waals surface area contributed by atoms with E-state index in [1.807, 2.05) is 0 Å². The van der Waals surface area contributed by atoms with Crippen molar-refractivity contribution >= 4 is 5.52 Å². The van der Waals surface area contributed by atoms with Crippen LogP contribution in [0.2, 0.25) is 0 Å². The Labute approximate surface area is 108 Å². The summed E-state index contributed by atoms with van der Waals surface area (Å²) in [6.07, 6.45) is 5.49. The van der Waals surface area contributed by atoms with Crippen LogP contribution in [0.5, 0.6) is 0 Å². The molecule has 0 radical (unpaired) electrons. The van der Waals surface area contributed by atoms with E-state index in [9.17, 15) is 0 Å². The van der Waals surface area contributed by atoms with Crippen LogP contribution in [0.4, 0.5) is 0 Å². The van der Waals surface area contributed by atoms with Crippen molar-refractivity contribution in [3.8, 4) is 0 Å². The Hall–Kier alpha value is -0.580. The molecule has 82 valence electrons. The molecule has 0 atom stereocenters. The van der Waals surface area contributed by atoms with Gasteiger partial charge in [-0.05, 0) is 19.1 Å². The summed E-state index contributed by atoms with van der Waals surface area (Å²) in [4.78, 5) is 0. The van der Waals surface area contributed by atoms with Gasteiger partial charge in [0.1, 0.15) is 12.1 Å². The number of aryl methyl sites for hydroxylation is 3. The quantitative estimate of drug-likeness (QED) is 0.509. The van der Waals surface area contributed by atoms with E-state index >= 15 is 0 Å². The lowest BCUT2D eigenvalue weighted by atomic mass is 10.3. The maximum Gasteiger partial charge on any atom is 0.202 e. The molecule has 0 aliphatic heterocycles. The Bertz CT molecular complexity index is 460. The highest BCUT2D eigenvalue weighted by Crippen LogP contribution is 2.10. The fraction of sp³-hybridized carbons (Fsp3) is 0.417. The zero-order valence-electron chi connectivity index (χ0n) is 9.50. The van der Waals surface area contributed by atoms with E-state index in [1.165, 1.54) is 23.3 Å². The van der Waals surface area contributed by atoms with Crippen LogP contribution in [0.3, 0.4) is 0 Å². The SMILES string of the molecule is CCC[n+]1ccn2c(C)ccc2c1C.[I-]. The van der Waals surface area contributed by atoms with E-state index in [0.717, 1.165) is 6.54 Å². The molecule has 0 N–H and O–H groups in total. The van der Waals surface area contributed by atoms with Gasteiger partial charge in [0.2, 0.25) is 5.69 Å². The van der Waals surface area contributed by atoms with E-state index in [0.29, 0.717) is 0 Å². The second-order valence-electron chi connectivity index (χ2n) is 3.81. The number of fused-ring (bicyclic) bond motifs is 1. The Morgan fingerprint density at radius 2 is 2.00 bits per heavy atom. The van der Waals surface area contributed by atoms with Gasteiger partial charge in [-0.3, -0.25) is 0 Å². The third-order valence-electron chi connectivity index (χ3n) is 2.78. The average Bonchev–Trinajstić information content (AvgIpc) is 2.54. The molecule has 0 aliphatic carbocycles. The molecule has 0 fully saturated rings. The predicted octanol–water partition coefficient (Wildman–Crippen LogP) is -0.742. The highest BCUT2D eigenvalue weighted by atomic mass is 127. The van der Waals surface area contributed by atoms with E-state index in [-0.39, 0.29) is 24.0 Å². The highest BCUT2D eigenvalue weighted by molar-refractivity contribution is 5.51. The molecule has 0 unspecified atom stereocenters. The first-order valence-corrected chi connectivity index (χ1v) is 5.20. The first-order valence-electron chi connectivity index (χ1n) is 5.20. The van der Waals surface area contributed by atoms with Gasteiger partial charge in [0, 0.05) is 19.0 Å². The topological polar surface area (TPSA) is 8.29 Å². The van der Waals surface area contributed by atoms with Crippen LogP contribution >= 0.6 is 0 Å². The number of halogens is 1. The molecule has 3 heteroatoms. The lowest BCUT2D eigenvalue weighted by Crippen LogP contribution is -3.00. The molecule has 0 amide bonds. The number of nitrogens with zero attached hydrogens (tertiary/aromatic N) is 2. The smallest absolute Gasteiger partial charge is 0.202 e. The van der Waals surface area contributed by atoms with Gasteiger partial charge in [-0.1, -0.05) is 6.92 Å². The van der Waals surface area contributed by atoms with Crippen molar-refractivity contribution in [1.82, 2.24) is 4.40 Å². The maximum atomic E-state index is 2.31. The summed E-state index contributed by atoms with van der Waals surface area (Å²) in [5.41, 5.74) is 3.97. The minimum Gasteiger partial charge on any atom is -1.00 e. The van der Waals surface area contributed by atoms with E-state index in [4.69, 9.17) is 0 Å².